The van der Waals surface area contributed by atoms with Crippen LogP contribution in [0, 0.1) is 5.92 Å². The van der Waals surface area contributed by atoms with Crippen LogP contribution >= 0.6 is 0 Å². The topological polar surface area (TPSA) is 44.5 Å². The monoisotopic (exact) mass is 415 g/mol. The van der Waals surface area contributed by atoms with Crippen molar-refractivity contribution in [2.75, 3.05) is 13.7 Å². The zero-order valence-corrected chi connectivity index (χ0v) is 18.6. The number of nitrogens with two attached hydrogens (primary N) is 1. The second kappa shape index (κ2) is 9.57. The predicted molar refractivity (Wildman–Crippen MR) is 127 cm³/mol. The first-order valence-electron chi connectivity index (χ1n) is 11.3. The number of ether oxygens (including phenoxy) is 2. The van der Waals surface area contributed by atoms with Crippen LogP contribution in [-0.2, 0) is 12.8 Å². The van der Waals surface area contributed by atoms with E-state index in [0.717, 1.165) is 37.2 Å². The van der Waals surface area contributed by atoms with E-state index in [1.54, 1.807) is 7.11 Å². The second-order valence-electron chi connectivity index (χ2n) is 8.87. The Kier molecular flexibility index (Phi) is 6.62. The molecular formula is C28H33NO2. The molecule has 3 unspecified atom stereocenters. The van der Waals surface area contributed by atoms with Gasteiger partial charge in [-0.1, -0.05) is 73.7 Å². The van der Waals surface area contributed by atoms with Crippen molar-refractivity contribution < 1.29 is 9.47 Å². The van der Waals surface area contributed by atoms with Crippen LogP contribution < -0.4 is 15.2 Å². The predicted octanol–water partition coefficient (Wildman–Crippen LogP) is 5.77. The van der Waals surface area contributed by atoms with Gasteiger partial charge in [0, 0.05) is 19.0 Å². The van der Waals surface area contributed by atoms with Crippen molar-refractivity contribution in [3.8, 4) is 11.5 Å². The lowest BCUT2D eigenvalue weighted by molar-refractivity contribution is 0.0345. The summed E-state index contributed by atoms with van der Waals surface area (Å²) in [4.78, 5) is 0. The number of hydrogen-bond donors (Lipinski definition) is 1. The third kappa shape index (κ3) is 4.94. The molecule has 3 aromatic rings. The fraction of sp³-hybridized carbons (Fsp3) is 0.357. The van der Waals surface area contributed by atoms with E-state index in [4.69, 9.17) is 15.2 Å². The fourth-order valence-corrected chi connectivity index (χ4v) is 4.84. The van der Waals surface area contributed by atoms with E-state index in [2.05, 4.69) is 73.7 Å². The average Bonchev–Trinajstić information content (AvgIpc) is 2.83. The van der Waals surface area contributed by atoms with Crippen molar-refractivity contribution in [2.24, 2.45) is 11.7 Å². The van der Waals surface area contributed by atoms with Crippen molar-refractivity contribution in [2.45, 2.75) is 44.1 Å². The molecule has 0 radical (unpaired) electrons. The van der Waals surface area contributed by atoms with Crippen molar-refractivity contribution in [1.82, 2.24) is 0 Å². The highest BCUT2D eigenvalue weighted by atomic mass is 16.5. The highest BCUT2D eigenvalue weighted by molar-refractivity contribution is 5.45. The van der Waals surface area contributed by atoms with Crippen LogP contribution in [-0.4, -0.2) is 19.3 Å². The third-order valence-electron chi connectivity index (χ3n) is 6.70. The summed E-state index contributed by atoms with van der Waals surface area (Å²) in [6.45, 7) is 2.86. The molecule has 0 spiro atoms. The summed E-state index contributed by atoms with van der Waals surface area (Å²) in [6, 6.07) is 27.6. The molecule has 2 N–H and O–H groups in total. The normalized spacial score (nSPS) is 21.1. The van der Waals surface area contributed by atoms with Crippen LogP contribution in [0.15, 0.2) is 78.9 Å². The molecule has 0 bridgehead atoms. The van der Waals surface area contributed by atoms with E-state index in [-0.39, 0.29) is 0 Å². The molecule has 3 nitrogen and oxygen atoms in total. The van der Waals surface area contributed by atoms with Crippen molar-refractivity contribution in [3.63, 3.8) is 0 Å². The molecule has 0 amide bonds. The van der Waals surface area contributed by atoms with Crippen LogP contribution in [0.5, 0.6) is 11.5 Å². The van der Waals surface area contributed by atoms with E-state index < -0.39 is 5.60 Å². The molecule has 3 atom stereocenters. The number of hydrogen-bond acceptors (Lipinski definition) is 3. The Balaban J connectivity index is 1.62. The van der Waals surface area contributed by atoms with E-state index in [1.165, 1.54) is 16.7 Å². The highest BCUT2D eigenvalue weighted by Gasteiger charge is 2.42. The number of methoxy groups -OCH3 is 1. The van der Waals surface area contributed by atoms with Gasteiger partial charge in [0.1, 0.15) is 17.1 Å². The van der Waals surface area contributed by atoms with Crippen LogP contribution in [0.25, 0.3) is 0 Å². The molecule has 3 heteroatoms. The van der Waals surface area contributed by atoms with Gasteiger partial charge in [0.2, 0.25) is 0 Å². The van der Waals surface area contributed by atoms with Crippen LogP contribution in [0.2, 0.25) is 0 Å². The Bertz CT molecular complexity index is 973. The van der Waals surface area contributed by atoms with E-state index in [1.807, 2.05) is 12.1 Å². The highest BCUT2D eigenvalue weighted by Crippen LogP contribution is 2.47. The Morgan fingerprint density at radius 1 is 1.00 bits per heavy atom. The van der Waals surface area contributed by atoms with Gasteiger partial charge in [0.05, 0.1) is 7.11 Å². The summed E-state index contributed by atoms with van der Waals surface area (Å²) in [5, 5.41) is 0. The van der Waals surface area contributed by atoms with E-state index in [9.17, 15) is 0 Å². The van der Waals surface area contributed by atoms with Crippen molar-refractivity contribution in [3.05, 3.63) is 95.6 Å². The SMILES string of the molecule is COc1ccc2c(c1)OC(CN)(Cc1ccccc1)CC2C(C)CCc1ccccc1. The molecule has 1 aliphatic rings. The summed E-state index contributed by atoms with van der Waals surface area (Å²) in [7, 11) is 1.70. The van der Waals surface area contributed by atoms with Crippen LogP contribution in [0.3, 0.4) is 0 Å². The molecule has 1 aliphatic heterocycles. The van der Waals surface area contributed by atoms with Crippen LogP contribution in [0.4, 0.5) is 0 Å². The maximum atomic E-state index is 6.65. The maximum absolute atomic E-state index is 6.65. The van der Waals surface area contributed by atoms with Gasteiger partial charge >= 0.3 is 0 Å². The smallest absolute Gasteiger partial charge is 0.127 e. The van der Waals surface area contributed by atoms with Gasteiger partial charge in [0.15, 0.2) is 0 Å². The lowest BCUT2D eigenvalue weighted by Crippen LogP contribution is -2.50. The Labute approximate surface area is 186 Å². The summed E-state index contributed by atoms with van der Waals surface area (Å²) in [5.41, 5.74) is 9.90. The fourth-order valence-electron chi connectivity index (χ4n) is 4.84. The summed E-state index contributed by atoms with van der Waals surface area (Å²) in [6.07, 6.45) is 3.95. The molecule has 1 heterocycles. The first-order valence-corrected chi connectivity index (χ1v) is 11.3. The van der Waals surface area contributed by atoms with E-state index in [0.29, 0.717) is 18.4 Å². The third-order valence-corrected chi connectivity index (χ3v) is 6.70. The van der Waals surface area contributed by atoms with E-state index >= 15 is 0 Å². The molecule has 3 aromatic carbocycles. The zero-order valence-electron chi connectivity index (χ0n) is 18.6. The maximum Gasteiger partial charge on any atom is 0.127 e. The zero-order chi connectivity index (χ0) is 21.7. The first-order chi connectivity index (χ1) is 15.1. The van der Waals surface area contributed by atoms with Gasteiger partial charge in [0.25, 0.3) is 0 Å². The summed E-state index contributed by atoms with van der Waals surface area (Å²) < 4.78 is 12.1. The quantitative estimate of drug-likeness (QED) is 0.508. The standard InChI is InChI=1S/C28H33NO2/c1-21(13-14-22-9-5-3-6-10-22)26-19-28(20-29,18-23-11-7-4-8-12-23)31-27-17-24(30-2)15-16-25(26)27/h3-12,15-17,21,26H,13-14,18-20,29H2,1-2H3. The van der Waals surface area contributed by atoms with Crippen molar-refractivity contribution in [1.29, 1.82) is 0 Å². The Morgan fingerprint density at radius 2 is 1.68 bits per heavy atom. The molecule has 0 aromatic heterocycles. The number of fused-ring (bicyclic) bond motifs is 1. The van der Waals surface area contributed by atoms with Crippen molar-refractivity contribution >= 4 is 0 Å². The Hall–Kier alpha value is -2.78. The molecule has 162 valence electrons. The van der Waals surface area contributed by atoms with Gasteiger partial charge in [-0.3, -0.25) is 0 Å². The number of benzene rings is 3. The lowest BCUT2D eigenvalue weighted by Gasteiger charge is -2.44. The van der Waals surface area contributed by atoms with Gasteiger partial charge < -0.3 is 15.2 Å². The molecular weight excluding hydrogens is 382 g/mol. The average molecular weight is 416 g/mol. The first kappa shape index (κ1) is 21.5. The largest absolute Gasteiger partial charge is 0.497 e. The van der Waals surface area contributed by atoms with Gasteiger partial charge in [-0.25, -0.2) is 0 Å². The lowest BCUT2D eigenvalue weighted by atomic mass is 9.73. The molecule has 0 aliphatic carbocycles. The molecule has 4 rings (SSSR count). The number of rotatable bonds is 8. The minimum Gasteiger partial charge on any atom is -0.497 e. The minimum atomic E-state index is -0.410. The molecule has 0 fully saturated rings. The molecule has 31 heavy (non-hydrogen) atoms. The molecule has 0 saturated heterocycles. The van der Waals surface area contributed by atoms with Crippen LogP contribution in [0.1, 0.15) is 42.4 Å². The molecule has 0 saturated carbocycles. The minimum absolute atomic E-state index is 0.394. The second-order valence-corrected chi connectivity index (χ2v) is 8.87. The van der Waals surface area contributed by atoms with Gasteiger partial charge in [-0.05, 0) is 53.9 Å². The summed E-state index contributed by atoms with van der Waals surface area (Å²) in [5.74, 6) is 2.65. The number of aryl methyl sites for hydroxylation is 1. The van der Waals surface area contributed by atoms with Gasteiger partial charge in [-0.2, -0.15) is 0 Å². The van der Waals surface area contributed by atoms with Gasteiger partial charge in [-0.15, -0.1) is 0 Å². The Morgan fingerprint density at radius 3 is 2.32 bits per heavy atom. The summed E-state index contributed by atoms with van der Waals surface area (Å²) >= 11 is 0.